The van der Waals surface area contributed by atoms with Crippen LogP contribution in [0.2, 0.25) is 0 Å². The van der Waals surface area contributed by atoms with Crippen molar-refractivity contribution < 1.29 is 30.6 Å². The first kappa shape index (κ1) is 12.8. The van der Waals surface area contributed by atoms with Gasteiger partial charge in [0.15, 0.2) is 5.78 Å². The monoisotopic (exact) mass is 274 g/mol. The van der Waals surface area contributed by atoms with E-state index in [9.17, 15) is 26.4 Å². The lowest BCUT2D eigenvalue weighted by atomic mass is 9.67. The van der Waals surface area contributed by atoms with E-state index >= 15 is 0 Å². The molecule has 17 heavy (non-hydrogen) atoms. The number of hydrogen-bond donors (Lipinski definition) is 0. The Kier molecular flexibility index (Phi) is 2.77. The fourth-order valence-corrected chi connectivity index (χ4v) is 3.24. The largest absolute Gasteiger partial charge is 0.523 e. The highest BCUT2D eigenvalue weighted by atomic mass is 32.2. The van der Waals surface area contributed by atoms with Crippen molar-refractivity contribution in [3.63, 3.8) is 0 Å². The summed E-state index contributed by atoms with van der Waals surface area (Å²) in [5.41, 5.74) is -7.24. The van der Waals surface area contributed by atoms with Crippen LogP contribution in [0, 0.1) is 5.92 Å². The summed E-state index contributed by atoms with van der Waals surface area (Å²) >= 11 is 0. The molecule has 0 aromatic carbocycles. The molecule has 0 saturated heterocycles. The van der Waals surface area contributed by atoms with Crippen molar-refractivity contribution in [2.24, 2.45) is 5.92 Å². The van der Waals surface area contributed by atoms with E-state index < -0.39 is 27.0 Å². The van der Waals surface area contributed by atoms with E-state index in [1.165, 1.54) is 0 Å². The molecule has 4 nitrogen and oxygen atoms in total. The summed E-state index contributed by atoms with van der Waals surface area (Å²) < 4.78 is 62.8. The summed E-state index contributed by atoms with van der Waals surface area (Å²) in [5, 5.41) is 0. The normalized spacial score (nSPS) is 34.1. The number of Topliss-reactive ketones (excluding diaryl/α,β-unsaturated/α-hetero) is 1. The summed E-state index contributed by atoms with van der Waals surface area (Å²) in [5.74, 6) is -0.352. The van der Waals surface area contributed by atoms with Crippen molar-refractivity contribution in [2.45, 2.75) is 43.2 Å². The van der Waals surface area contributed by atoms with Crippen LogP contribution in [0.3, 0.4) is 0 Å². The second-order valence-corrected chi connectivity index (χ2v) is 6.09. The van der Waals surface area contributed by atoms with Crippen molar-refractivity contribution in [3.05, 3.63) is 0 Å². The van der Waals surface area contributed by atoms with Gasteiger partial charge in [0.05, 0.1) is 0 Å². The van der Waals surface area contributed by atoms with Gasteiger partial charge >= 0.3 is 15.6 Å². The summed E-state index contributed by atoms with van der Waals surface area (Å²) in [6.07, 6.45) is 1.32. The fraction of sp³-hybridized carbons (Fsp3) is 0.889. The van der Waals surface area contributed by atoms with Gasteiger partial charge in [0.25, 0.3) is 0 Å². The van der Waals surface area contributed by atoms with E-state index in [1.54, 1.807) is 0 Å². The predicted octanol–water partition coefficient (Wildman–Crippen LogP) is 1.75. The number of carbonyl (C=O) groups excluding carboxylic acids is 1. The smallest absolute Gasteiger partial charge is 0.296 e. The van der Waals surface area contributed by atoms with Gasteiger partial charge < -0.3 is 0 Å². The molecule has 0 heterocycles. The van der Waals surface area contributed by atoms with Crippen molar-refractivity contribution in [2.75, 3.05) is 0 Å². The van der Waals surface area contributed by atoms with E-state index in [0.29, 0.717) is 12.8 Å². The van der Waals surface area contributed by atoms with Crippen molar-refractivity contribution >= 4 is 15.9 Å². The maximum atomic E-state index is 12.2. The first-order chi connectivity index (χ1) is 7.66. The molecule has 3 saturated carbocycles. The van der Waals surface area contributed by atoms with Gasteiger partial charge in [0.2, 0.25) is 0 Å². The van der Waals surface area contributed by atoms with E-state index in [1.807, 2.05) is 0 Å². The quantitative estimate of drug-likeness (QED) is 0.437. The molecule has 0 N–H and O–H groups in total. The van der Waals surface area contributed by atoms with Gasteiger partial charge in [-0.1, -0.05) is 0 Å². The Hall–Kier alpha value is -0.630. The topological polar surface area (TPSA) is 60.4 Å². The average Bonchev–Trinajstić information content (AvgIpc) is 2.18. The van der Waals surface area contributed by atoms with Gasteiger partial charge in [-0.25, -0.2) is 4.18 Å². The standard InChI is InChI=1S/C9H11F3O4S/c10-9(11,12)17(14,15)16-8-3-1-6(2-4-8)5-7(8)13/h6H,1-5H2/i13+2. The van der Waals surface area contributed by atoms with Gasteiger partial charge in [-0.05, 0) is 31.6 Å². The Balaban J connectivity index is 2.26. The highest BCUT2D eigenvalue weighted by Crippen LogP contribution is 2.46. The second-order valence-electron chi connectivity index (χ2n) is 4.55. The zero-order valence-corrected chi connectivity index (χ0v) is 9.60. The van der Waals surface area contributed by atoms with E-state index in [2.05, 4.69) is 4.18 Å². The number of alkyl halides is 3. The maximum Gasteiger partial charge on any atom is 0.523 e. The third kappa shape index (κ3) is 2.08. The molecule has 3 fully saturated rings. The van der Waals surface area contributed by atoms with Crippen LogP contribution in [-0.4, -0.2) is 25.3 Å². The number of ketones is 1. The predicted molar refractivity (Wildman–Crippen MR) is 50.4 cm³/mol. The summed E-state index contributed by atoms with van der Waals surface area (Å²) in [4.78, 5) is 11.6. The first-order valence-electron chi connectivity index (χ1n) is 5.21. The minimum Gasteiger partial charge on any atom is -0.296 e. The second kappa shape index (κ2) is 3.68. The summed E-state index contributed by atoms with van der Waals surface area (Å²) in [7, 11) is -5.70. The molecule has 3 aliphatic carbocycles. The molecule has 0 aromatic heterocycles. The van der Waals surface area contributed by atoms with Gasteiger partial charge in [0.1, 0.15) is 5.60 Å². The minimum atomic E-state index is -5.70. The van der Waals surface area contributed by atoms with Crippen LogP contribution < -0.4 is 0 Å². The number of fused-ring (bicyclic) bond motifs is 3. The third-order valence-corrected chi connectivity index (χ3v) is 4.55. The SMILES string of the molecule is O=S(=O)(OC12CCC(CC1)CC2=[18O])C(F)(F)F. The molecule has 3 aliphatic rings. The molecule has 0 unspecified atom stereocenters. The molecule has 3 rings (SSSR count). The fourth-order valence-electron chi connectivity index (χ4n) is 2.46. The molecule has 8 heteroatoms. The molecule has 0 aromatic rings. The van der Waals surface area contributed by atoms with Crippen molar-refractivity contribution in [1.29, 1.82) is 0 Å². The summed E-state index contributed by atoms with van der Waals surface area (Å²) in [6.45, 7) is 0. The first-order valence-corrected chi connectivity index (χ1v) is 6.62. The Bertz CT molecular complexity index is 432. The van der Waals surface area contributed by atoms with Gasteiger partial charge in [0, 0.05) is 6.42 Å². The van der Waals surface area contributed by atoms with E-state index in [0.717, 1.165) is 0 Å². The van der Waals surface area contributed by atoms with Crippen LogP contribution in [0.25, 0.3) is 0 Å². The molecular weight excluding hydrogens is 263 g/mol. The zero-order chi connectivity index (χ0) is 12.9. The average molecular weight is 274 g/mol. The van der Waals surface area contributed by atoms with Gasteiger partial charge in [-0.3, -0.25) is 4.79 Å². The summed E-state index contributed by atoms with van der Waals surface area (Å²) in [6, 6.07) is 0. The number of hydrogen-bond acceptors (Lipinski definition) is 4. The third-order valence-electron chi connectivity index (χ3n) is 3.45. The molecule has 0 radical (unpaired) electrons. The molecule has 0 atom stereocenters. The van der Waals surface area contributed by atoms with Gasteiger partial charge in [-0.15, -0.1) is 0 Å². The van der Waals surface area contributed by atoms with Crippen molar-refractivity contribution in [3.8, 4) is 0 Å². The highest BCUT2D eigenvalue weighted by molar-refractivity contribution is 7.87. The van der Waals surface area contributed by atoms with Crippen LogP contribution in [0.15, 0.2) is 0 Å². The van der Waals surface area contributed by atoms with Crippen LogP contribution in [0.1, 0.15) is 32.1 Å². The molecule has 0 aliphatic heterocycles. The Morgan fingerprint density at radius 1 is 1.29 bits per heavy atom. The lowest BCUT2D eigenvalue weighted by molar-refractivity contribution is -0.148. The van der Waals surface area contributed by atoms with Crippen LogP contribution in [0.5, 0.6) is 0 Å². The van der Waals surface area contributed by atoms with Crippen LogP contribution in [-0.2, 0) is 19.1 Å². The molecule has 0 spiro atoms. The zero-order valence-electron chi connectivity index (χ0n) is 8.79. The van der Waals surface area contributed by atoms with Crippen LogP contribution in [0.4, 0.5) is 13.2 Å². The number of halogens is 3. The Morgan fingerprint density at radius 2 is 1.82 bits per heavy atom. The van der Waals surface area contributed by atoms with Crippen LogP contribution >= 0.6 is 0 Å². The van der Waals surface area contributed by atoms with E-state index in [4.69, 9.17) is 0 Å². The Labute approximate surface area is 96.3 Å². The Morgan fingerprint density at radius 3 is 2.24 bits per heavy atom. The number of rotatable bonds is 2. The lowest BCUT2D eigenvalue weighted by Gasteiger charge is -2.43. The lowest BCUT2D eigenvalue weighted by Crippen LogP contribution is -2.52. The van der Waals surface area contributed by atoms with Crippen molar-refractivity contribution in [1.82, 2.24) is 0 Å². The minimum absolute atomic E-state index is 0.0613. The number of carbonyl (C=O) groups is 1. The highest BCUT2D eigenvalue weighted by Gasteiger charge is 2.57. The maximum absolute atomic E-state index is 12.2. The molecule has 2 bridgehead atoms. The molecule has 98 valence electrons. The van der Waals surface area contributed by atoms with Gasteiger partial charge in [-0.2, -0.15) is 21.6 Å². The van der Waals surface area contributed by atoms with E-state index in [-0.39, 0.29) is 25.2 Å². The molecule has 0 amide bonds. The molecular formula is C9H11F3O4S.